The van der Waals surface area contributed by atoms with Crippen LogP contribution in [0.25, 0.3) is 0 Å². The quantitative estimate of drug-likeness (QED) is 0.761. The second kappa shape index (κ2) is 8.89. The van der Waals surface area contributed by atoms with Crippen molar-refractivity contribution in [3.05, 3.63) is 60.2 Å². The molecular weight excluding hydrogens is 312 g/mol. The van der Waals surface area contributed by atoms with Gasteiger partial charge in [-0.15, -0.1) is 0 Å². The van der Waals surface area contributed by atoms with Crippen LogP contribution in [0.2, 0.25) is 0 Å². The molecule has 0 aliphatic heterocycles. The lowest BCUT2D eigenvalue weighted by molar-refractivity contribution is -0.120. The average Bonchev–Trinajstić information content (AvgIpc) is 2.65. The molecule has 0 heterocycles. The van der Waals surface area contributed by atoms with Crippen LogP contribution in [0.4, 0.5) is 5.69 Å². The van der Waals surface area contributed by atoms with Gasteiger partial charge in [-0.3, -0.25) is 4.79 Å². The Balaban J connectivity index is 2.27. The van der Waals surface area contributed by atoms with E-state index in [9.17, 15) is 10.1 Å². The first-order valence-electron chi connectivity index (χ1n) is 8.67. The molecule has 0 bridgehead atoms. The lowest BCUT2D eigenvalue weighted by atomic mass is 9.76. The Morgan fingerprint density at radius 2 is 1.80 bits per heavy atom. The molecule has 2 aromatic rings. The van der Waals surface area contributed by atoms with Gasteiger partial charge in [-0.1, -0.05) is 50.1 Å². The number of ether oxygens (including phenoxy) is 1. The fourth-order valence-corrected chi connectivity index (χ4v) is 2.76. The molecule has 0 radical (unpaired) electrons. The predicted molar refractivity (Wildman–Crippen MR) is 99.5 cm³/mol. The van der Waals surface area contributed by atoms with Crippen molar-refractivity contribution in [3.8, 4) is 11.8 Å². The molecule has 2 aromatic carbocycles. The van der Waals surface area contributed by atoms with E-state index in [4.69, 9.17) is 4.74 Å². The summed E-state index contributed by atoms with van der Waals surface area (Å²) in [6, 6.07) is 18.8. The van der Waals surface area contributed by atoms with E-state index in [2.05, 4.69) is 18.3 Å². The van der Waals surface area contributed by atoms with Gasteiger partial charge in [0.1, 0.15) is 5.75 Å². The highest BCUT2D eigenvalue weighted by atomic mass is 16.5. The van der Waals surface area contributed by atoms with E-state index in [1.165, 1.54) is 0 Å². The maximum atomic E-state index is 13.0. The highest BCUT2D eigenvalue weighted by Crippen LogP contribution is 2.31. The van der Waals surface area contributed by atoms with Crippen LogP contribution in [0.15, 0.2) is 54.6 Å². The molecule has 4 nitrogen and oxygen atoms in total. The third-order valence-electron chi connectivity index (χ3n) is 4.17. The van der Waals surface area contributed by atoms with Crippen LogP contribution >= 0.6 is 0 Å². The fourth-order valence-electron chi connectivity index (χ4n) is 2.76. The SMILES string of the molecule is CCCCC(C#N)(C(=O)Nc1ccc(OCC)cc1)c1ccccc1. The molecule has 1 N–H and O–H groups in total. The molecule has 1 amide bonds. The molecule has 25 heavy (non-hydrogen) atoms. The molecule has 0 aliphatic carbocycles. The van der Waals surface area contributed by atoms with Gasteiger partial charge in [-0.25, -0.2) is 0 Å². The molecule has 1 unspecified atom stereocenters. The number of carbonyl (C=O) groups excluding carboxylic acids is 1. The molecule has 130 valence electrons. The first kappa shape index (κ1) is 18.5. The van der Waals surface area contributed by atoms with E-state index < -0.39 is 5.41 Å². The lowest BCUT2D eigenvalue weighted by Gasteiger charge is -2.26. The van der Waals surface area contributed by atoms with E-state index in [-0.39, 0.29) is 5.91 Å². The van der Waals surface area contributed by atoms with Crippen LogP contribution in [0.5, 0.6) is 5.75 Å². The Bertz CT molecular complexity index is 720. The number of unbranched alkanes of at least 4 members (excludes halogenated alkanes) is 1. The van der Waals surface area contributed by atoms with Crippen LogP contribution < -0.4 is 10.1 Å². The zero-order chi connectivity index (χ0) is 18.1. The minimum atomic E-state index is -1.18. The van der Waals surface area contributed by atoms with Gasteiger partial charge in [0.2, 0.25) is 5.91 Å². The van der Waals surface area contributed by atoms with Gasteiger partial charge in [-0.05, 0) is 43.2 Å². The third kappa shape index (κ3) is 4.39. The summed E-state index contributed by atoms with van der Waals surface area (Å²) in [6.07, 6.45) is 2.22. The van der Waals surface area contributed by atoms with Crippen LogP contribution in [0.3, 0.4) is 0 Å². The smallest absolute Gasteiger partial charge is 0.249 e. The minimum absolute atomic E-state index is 0.293. The third-order valence-corrected chi connectivity index (χ3v) is 4.17. The topological polar surface area (TPSA) is 62.1 Å². The number of benzene rings is 2. The van der Waals surface area contributed by atoms with Crippen molar-refractivity contribution in [2.24, 2.45) is 0 Å². The highest BCUT2D eigenvalue weighted by Gasteiger charge is 2.40. The Morgan fingerprint density at radius 3 is 2.36 bits per heavy atom. The number of anilines is 1. The molecule has 0 saturated carbocycles. The first-order valence-corrected chi connectivity index (χ1v) is 8.67. The van der Waals surface area contributed by atoms with Crippen molar-refractivity contribution in [2.45, 2.75) is 38.5 Å². The van der Waals surface area contributed by atoms with Crippen molar-refractivity contribution in [2.75, 3.05) is 11.9 Å². The number of nitrogens with zero attached hydrogens (tertiary/aromatic N) is 1. The number of hydrogen-bond acceptors (Lipinski definition) is 3. The molecule has 4 heteroatoms. The van der Waals surface area contributed by atoms with E-state index in [0.29, 0.717) is 18.7 Å². The van der Waals surface area contributed by atoms with E-state index in [1.807, 2.05) is 49.4 Å². The van der Waals surface area contributed by atoms with Crippen molar-refractivity contribution < 1.29 is 9.53 Å². The van der Waals surface area contributed by atoms with E-state index in [1.54, 1.807) is 12.1 Å². The monoisotopic (exact) mass is 336 g/mol. The molecule has 0 fully saturated rings. The lowest BCUT2D eigenvalue weighted by Crippen LogP contribution is -2.39. The molecule has 2 rings (SSSR count). The Hall–Kier alpha value is -2.80. The first-order chi connectivity index (χ1) is 12.2. The Morgan fingerprint density at radius 1 is 1.12 bits per heavy atom. The van der Waals surface area contributed by atoms with Crippen LogP contribution in [0, 0.1) is 11.3 Å². The summed E-state index contributed by atoms with van der Waals surface area (Å²) in [5, 5.41) is 12.8. The largest absolute Gasteiger partial charge is 0.494 e. The second-order valence-electron chi connectivity index (χ2n) is 5.90. The number of carbonyl (C=O) groups is 1. The summed E-state index contributed by atoms with van der Waals surface area (Å²) in [5.74, 6) is 0.458. The number of rotatable bonds is 8. The summed E-state index contributed by atoms with van der Waals surface area (Å²) in [6.45, 7) is 4.57. The van der Waals surface area contributed by atoms with Crippen LogP contribution in [-0.4, -0.2) is 12.5 Å². The summed E-state index contributed by atoms with van der Waals surface area (Å²) in [7, 11) is 0. The number of nitrogens with one attached hydrogen (secondary N) is 1. The normalized spacial score (nSPS) is 12.7. The van der Waals surface area contributed by atoms with Gasteiger partial charge >= 0.3 is 0 Å². The number of amides is 1. The van der Waals surface area contributed by atoms with Crippen molar-refractivity contribution in [3.63, 3.8) is 0 Å². The maximum Gasteiger partial charge on any atom is 0.249 e. The van der Waals surface area contributed by atoms with Crippen molar-refractivity contribution in [1.82, 2.24) is 0 Å². The van der Waals surface area contributed by atoms with Gasteiger partial charge in [0.15, 0.2) is 5.41 Å². The highest BCUT2D eigenvalue weighted by molar-refractivity contribution is 6.01. The summed E-state index contributed by atoms with van der Waals surface area (Å²) < 4.78 is 5.41. The minimum Gasteiger partial charge on any atom is -0.494 e. The number of nitriles is 1. The average molecular weight is 336 g/mol. The van der Waals surface area contributed by atoms with Gasteiger partial charge in [0.25, 0.3) is 0 Å². The van der Waals surface area contributed by atoms with Crippen LogP contribution in [-0.2, 0) is 10.2 Å². The van der Waals surface area contributed by atoms with E-state index >= 15 is 0 Å². The molecule has 0 saturated heterocycles. The second-order valence-corrected chi connectivity index (χ2v) is 5.90. The van der Waals surface area contributed by atoms with Crippen molar-refractivity contribution >= 4 is 11.6 Å². The van der Waals surface area contributed by atoms with Gasteiger partial charge in [0, 0.05) is 5.69 Å². The summed E-state index contributed by atoms with van der Waals surface area (Å²) in [5.41, 5.74) is 0.199. The van der Waals surface area contributed by atoms with Gasteiger partial charge in [-0.2, -0.15) is 5.26 Å². The van der Waals surface area contributed by atoms with Gasteiger partial charge < -0.3 is 10.1 Å². The van der Waals surface area contributed by atoms with Crippen LogP contribution in [0.1, 0.15) is 38.7 Å². The Kier molecular flexibility index (Phi) is 6.59. The predicted octanol–water partition coefficient (Wildman–Crippen LogP) is 4.68. The standard InChI is InChI=1S/C21H24N2O2/c1-3-5-15-21(16-22,17-9-7-6-8-10-17)20(24)23-18-11-13-19(14-12-18)25-4-2/h6-14H,3-5,15H2,1-2H3,(H,23,24). The Labute approximate surface area is 149 Å². The summed E-state index contributed by atoms with van der Waals surface area (Å²) in [4.78, 5) is 13.0. The molecule has 0 aliphatic rings. The number of hydrogen-bond donors (Lipinski definition) is 1. The van der Waals surface area contributed by atoms with E-state index in [0.717, 1.165) is 24.2 Å². The zero-order valence-corrected chi connectivity index (χ0v) is 14.8. The fraction of sp³-hybridized carbons (Fsp3) is 0.333. The van der Waals surface area contributed by atoms with Gasteiger partial charge in [0.05, 0.1) is 12.7 Å². The maximum absolute atomic E-state index is 13.0. The molecular formula is C21H24N2O2. The summed E-state index contributed by atoms with van der Waals surface area (Å²) >= 11 is 0. The molecule has 0 aromatic heterocycles. The van der Waals surface area contributed by atoms with Crippen molar-refractivity contribution in [1.29, 1.82) is 5.26 Å². The molecule has 1 atom stereocenters. The molecule has 0 spiro atoms. The zero-order valence-electron chi connectivity index (χ0n) is 14.8.